The molecule has 3 unspecified atom stereocenters. The molecule has 116 valence electrons. The molecule has 1 aromatic carbocycles. The minimum atomic E-state index is -0.842. The highest BCUT2D eigenvalue weighted by molar-refractivity contribution is 5.79. The van der Waals surface area contributed by atoms with Gasteiger partial charge in [-0.15, -0.1) is 0 Å². The number of nitrogens with two attached hydrogens (primary N) is 1. The molecular weight excluding hydrogens is 268 g/mol. The second-order valence-electron chi connectivity index (χ2n) is 5.34. The average Bonchev–Trinajstić information content (AvgIpc) is 2.50. The molecular formula is C16H24N2O3. The molecule has 1 rings (SSSR count). The maximum Gasteiger partial charge on any atom is 0.303 e. The number of aliphatic carboxylic acids is 1. The fourth-order valence-electron chi connectivity index (χ4n) is 2.14. The summed E-state index contributed by atoms with van der Waals surface area (Å²) in [6.07, 6.45) is 0.779. The first-order valence-corrected chi connectivity index (χ1v) is 7.25. The molecule has 4 N–H and O–H groups in total. The van der Waals surface area contributed by atoms with Crippen LogP contribution in [0.1, 0.15) is 38.3 Å². The molecule has 0 saturated carbocycles. The average molecular weight is 292 g/mol. The molecule has 0 saturated heterocycles. The molecule has 3 atom stereocenters. The van der Waals surface area contributed by atoms with Crippen LogP contribution in [0.4, 0.5) is 0 Å². The number of nitrogens with one attached hydrogen (secondary N) is 1. The van der Waals surface area contributed by atoms with E-state index >= 15 is 0 Å². The van der Waals surface area contributed by atoms with Gasteiger partial charge in [-0.05, 0) is 11.5 Å². The summed E-state index contributed by atoms with van der Waals surface area (Å²) in [4.78, 5) is 22.8. The van der Waals surface area contributed by atoms with Gasteiger partial charge in [0.1, 0.15) is 0 Å². The van der Waals surface area contributed by atoms with Gasteiger partial charge in [-0.25, -0.2) is 0 Å². The molecule has 0 radical (unpaired) electrons. The van der Waals surface area contributed by atoms with E-state index in [1.165, 1.54) is 0 Å². The minimum Gasteiger partial charge on any atom is -0.481 e. The SMILES string of the molecule is CCC(CNC(=O)C(C)C(N)c1ccccc1)CC(=O)O. The van der Waals surface area contributed by atoms with E-state index in [9.17, 15) is 9.59 Å². The fourth-order valence-corrected chi connectivity index (χ4v) is 2.14. The monoisotopic (exact) mass is 292 g/mol. The van der Waals surface area contributed by atoms with Crippen molar-refractivity contribution in [1.29, 1.82) is 0 Å². The van der Waals surface area contributed by atoms with Crippen LogP contribution >= 0.6 is 0 Å². The van der Waals surface area contributed by atoms with Crippen LogP contribution in [0.5, 0.6) is 0 Å². The summed E-state index contributed by atoms with van der Waals surface area (Å²) in [7, 11) is 0. The van der Waals surface area contributed by atoms with Gasteiger partial charge in [0, 0.05) is 19.0 Å². The van der Waals surface area contributed by atoms with Crippen LogP contribution in [-0.4, -0.2) is 23.5 Å². The number of benzene rings is 1. The van der Waals surface area contributed by atoms with Crippen LogP contribution in [0.25, 0.3) is 0 Å². The Morgan fingerprint density at radius 2 is 1.90 bits per heavy atom. The highest BCUT2D eigenvalue weighted by atomic mass is 16.4. The number of carbonyl (C=O) groups is 2. The summed E-state index contributed by atoms with van der Waals surface area (Å²) in [6.45, 7) is 4.07. The molecule has 5 heteroatoms. The number of hydrogen-bond acceptors (Lipinski definition) is 3. The van der Waals surface area contributed by atoms with Crippen molar-refractivity contribution in [2.75, 3.05) is 6.54 Å². The quantitative estimate of drug-likeness (QED) is 0.682. The Morgan fingerprint density at radius 3 is 2.43 bits per heavy atom. The standard InChI is InChI=1S/C16H24N2O3/c1-3-12(9-14(19)20)10-18-16(21)11(2)15(17)13-7-5-4-6-8-13/h4-8,11-12,15H,3,9-10,17H2,1-2H3,(H,18,21)(H,19,20). The Balaban J connectivity index is 2.52. The Hall–Kier alpha value is -1.88. The van der Waals surface area contributed by atoms with Crippen LogP contribution in [0.2, 0.25) is 0 Å². The van der Waals surface area contributed by atoms with Crippen molar-refractivity contribution in [3.05, 3.63) is 35.9 Å². The molecule has 0 aliphatic rings. The maximum atomic E-state index is 12.1. The Bertz CT molecular complexity index is 462. The van der Waals surface area contributed by atoms with E-state index in [4.69, 9.17) is 10.8 Å². The molecule has 0 aliphatic carbocycles. The topological polar surface area (TPSA) is 92.4 Å². The van der Waals surface area contributed by atoms with Crippen LogP contribution < -0.4 is 11.1 Å². The molecule has 21 heavy (non-hydrogen) atoms. The summed E-state index contributed by atoms with van der Waals surface area (Å²) in [6, 6.07) is 9.10. The summed E-state index contributed by atoms with van der Waals surface area (Å²) in [5, 5.41) is 11.6. The van der Waals surface area contributed by atoms with Gasteiger partial charge >= 0.3 is 5.97 Å². The second kappa shape index (κ2) is 8.42. The molecule has 1 amide bonds. The first-order chi connectivity index (χ1) is 9.95. The van der Waals surface area contributed by atoms with Crippen molar-refractivity contribution < 1.29 is 14.7 Å². The summed E-state index contributed by atoms with van der Waals surface area (Å²) in [5.41, 5.74) is 7.02. The molecule has 5 nitrogen and oxygen atoms in total. The molecule has 1 aromatic rings. The predicted octanol–water partition coefficient (Wildman–Crippen LogP) is 1.94. The van der Waals surface area contributed by atoms with E-state index in [1.54, 1.807) is 6.92 Å². The number of carboxylic acid groups (broad SMARTS) is 1. The Morgan fingerprint density at radius 1 is 1.29 bits per heavy atom. The van der Waals surface area contributed by atoms with E-state index < -0.39 is 5.97 Å². The maximum absolute atomic E-state index is 12.1. The van der Waals surface area contributed by atoms with E-state index in [-0.39, 0.29) is 30.2 Å². The first-order valence-electron chi connectivity index (χ1n) is 7.25. The zero-order valence-electron chi connectivity index (χ0n) is 12.6. The number of carbonyl (C=O) groups excluding carboxylic acids is 1. The van der Waals surface area contributed by atoms with Crippen molar-refractivity contribution in [2.24, 2.45) is 17.6 Å². The van der Waals surface area contributed by atoms with Crippen molar-refractivity contribution in [2.45, 2.75) is 32.7 Å². The van der Waals surface area contributed by atoms with Crippen molar-refractivity contribution in [3.63, 3.8) is 0 Å². The highest BCUT2D eigenvalue weighted by Gasteiger charge is 2.22. The highest BCUT2D eigenvalue weighted by Crippen LogP contribution is 2.19. The molecule has 0 spiro atoms. The number of rotatable bonds is 8. The number of carboxylic acids is 1. The lowest BCUT2D eigenvalue weighted by Crippen LogP contribution is -2.38. The van der Waals surface area contributed by atoms with Gasteiger partial charge in [0.25, 0.3) is 0 Å². The van der Waals surface area contributed by atoms with Gasteiger partial charge in [-0.2, -0.15) is 0 Å². The van der Waals surface area contributed by atoms with Gasteiger partial charge in [0.05, 0.1) is 5.92 Å². The molecule has 0 aromatic heterocycles. The van der Waals surface area contributed by atoms with E-state index in [2.05, 4.69) is 5.32 Å². The van der Waals surface area contributed by atoms with Crippen LogP contribution in [0, 0.1) is 11.8 Å². The third kappa shape index (κ3) is 5.55. The van der Waals surface area contributed by atoms with Crippen LogP contribution in [-0.2, 0) is 9.59 Å². The molecule has 0 heterocycles. The molecule has 0 aliphatic heterocycles. The summed E-state index contributed by atoms with van der Waals surface area (Å²) < 4.78 is 0. The summed E-state index contributed by atoms with van der Waals surface area (Å²) in [5.74, 6) is -1.40. The van der Waals surface area contributed by atoms with Crippen molar-refractivity contribution in [3.8, 4) is 0 Å². The Kier molecular flexibility index (Phi) is 6.88. The van der Waals surface area contributed by atoms with Gasteiger partial charge in [0.15, 0.2) is 0 Å². The normalized spacial score (nSPS) is 15.0. The lowest BCUT2D eigenvalue weighted by atomic mass is 9.94. The van der Waals surface area contributed by atoms with E-state index in [0.717, 1.165) is 5.56 Å². The first kappa shape index (κ1) is 17.2. The van der Waals surface area contributed by atoms with Gasteiger partial charge in [0.2, 0.25) is 5.91 Å². The zero-order valence-corrected chi connectivity index (χ0v) is 12.6. The van der Waals surface area contributed by atoms with Crippen molar-refractivity contribution in [1.82, 2.24) is 5.32 Å². The van der Waals surface area contributed by atoms with E-state index in [0.29, 0.717) is 13.0 Å². The third-order valence-corrected chi connectivity index (χ3v) is 3.74. The smallest absolute Gasteiger partial charge is 0.303 e. The minimum absolute atomic E-state index is 0.0494. The largest absolute Gasteiger partial charge is 0.481 e. The number of hydrogen-bond donors (Lipinski definition) is 3. The van der Waals surface area contributed by atoms with E-state index in [1.807, 2.05) is 37.3 Å². The molecule has 0 bridgehead atoms. The molecule has 0 fully saturated rings. The Labute approximate surface area is 125 Å². The third-order valence-electron chi connectivity index (χ3n) is 3.74. The van der Waals surface area contributed by atoms with Crippen LogP contribution in [0.3, 0.4) is 0 Å². The fraction of sp³-hybridized carbons (Fsp3) is 0.500. The second-order valence-corrected chi connectivity index (χ2v) is 5.34. The van der Waals surface area contributed by atoms with Gasteiger partial charge in [-0.1, -0.05) is 50.6 Å². The predicted molar refractivity (Wildman–Crippen MR) is 81.6 cm³/mol. The van der Waals surface area contributed by atoms with Crippen molar-refractivity contribution >= 4 is 11.9 Å². The lowest BCUT2D eigenvalue weighted by molar-refractivity contribution is -0.138. The van der Waals surface area contributed by atoms with Gasteiger partial charge < -0.3 is 16.2 Å². The summed E-state index contributed by atoms with van der Waals surface area (Å²) >= 11 is 0. The van der Waals surface area contributed by atoms with Crippen LogP contribution in [0.15, 0.2) is 30.3 Å². The lowest BCUT2D eigenvalue weighted by Gasteiger charge is -2.21. The zero-order chi connectivity index (χ0) is 15.8. The van der Waals surface area contributed by atoms with Gasteiger partial charge in [-0.3, -0.25) is 9.59 Å². The number of amides is 1.